The number of rotatable bonds is 6. The molecule has 0 unspecified atom stereocenters. The minimum atomic E-state index is -3.67. The van der Waals surface area contributed by atoms with E-state index >= 15 is 0 Å². The van der Waals surface area contributed by atoms with Gasteiger partial charge in [0.2, 0.25) is 0 Å². The third-order valence-electron chi connectivity index (χ3n) is 1.72. The van der Waals surface area contributed by atoms with Crippen LogP contribution in [0.4, 0.5) is 0 Å². The Morgan fingerprint density at radius 2 is 1.82 bits per heavy atom. The second-order valence-electron chi connectivity index (χ2n) is 4.04. The fourth-order valence-electron chi connectivity index (χ4n) is 0.796. The standard InChI is InChI=1S/C8H15NO.C3H8O3S/c1-7(2)8(10)5-6-9(3)4;1-2-3-7(4,5)6/h1,5-6H2,2-4H3;2-3H2,1H3,(H,4,5,6). The van der Waals surface area contributed by atoms with Crippen molar-refractivity contribution in [2.45, 2.75) is 26.7 Å². The Hall–Kier alpha value is -0.720. The van der Waals surface area contributed by atoms with E-state index in [0.717, 1.165) is 6.54 Å². The van der Waals surface area contributed by atoms with Gasteiger partial charge in [-0.25, -0.2) is 0 Å². The van der Waals surface area contributed by atoms with Crippen LogP contribution in [-0.4, -0.2) is 50.0 Å². The van der Waals surface area contributed by atoms with Gasteiger partial charge in [0.05, 0.1) is 5.75 Å². The highest BCUT2D eigenvalue weighted by Crippen LogP contribution is 1.95. The molecule has 0 amide bonds. The van der Waals surface area contributed by atoms with Gasteiger partial charge in [-0.05, 0) is 33.0 Å². The van der Waals surface area contributed by atoms with Crippen molar-refractivity contribution in [3.63, 3.8) is 0 Å². The van der Waals surface area contributed by atoms with Gasteiger partial charge in [-0.3, -0.25) is 9.35 Å². The van der Waals surface area contributed by atoms with Gasteiger partial charge in [-0.15, -0.1) is 0 Å². The molecule has 0 aliphatic heterocycles. The van der Waals surface area contributed by atoms with Crippen molar-refractivity contribution < 1.29 is 17.8 Å². The molecule has 17 heavy (non-hydrogen) atoms. The van der Waals surface area contributed by atoms with Crippen molar-refractivity contribution in [2.75, 3.05) is 26.4 Å². The maximum absolute atomic E-state index is 10.9. The fraction of sp³-hybridized carbons (Fsp3) is 0.727. The van der Waals surface area contributed by atoms with Crippen LogP contribution in [0.1, 0.15) is 26.7 Å². The van der Waals surface area contributed by atoms with Crippen LogP contribution in [0, 0.1) is 0 Å². The zero-order valence-corrected chi connectivity index (χ0v) is 11.9. The summed E-state index contributed by atoms with van der Waals surface area (Å²) in [5, 5.41) is 0. The lowest BCUT2D eigenvalue weighted by molar-refractivity contribution is -0.115. The number of hydrogen-bond donors (Lipinski definition) is 1. The molecule has 0 bridgehead atoms. The minimum Gasteiger partial charge on any atom is -0.309 e. The molecule has 0 heterocycles. The van der Waals surface area contributed by atoms with Gasteiger partial charge in [-0.2, -0.15) is 8.42 Å². The van der Waals surface area contributed by atoms with Crippen LogP contribution in [0.15, 0.2) is 12.2 Å². The zero-order chi connectivity index (χ0) is 14.1. The quantitative estimate of drug-likeness (QED) is 0.580. The van der Waals surface area contributed by atoms with Crippen LogP contribution in [0.5, 0.6) is 0 Å². The number of nitrogens with zero attached hydrogens (tertiary/aromatic N) is 1. The van der Waals surface area contributed by atoms with Gasteiger partial charge in [0, 0.05) is 13.0 Å². The van der Waals surface area contributed by atoms with E-state index in [1.54, 1.807) is 13.8 Å². The molecule has 0 saturated carbocycles. The number of carbonyl (C=O) groups is 1. The molecule has 0 radical (unpaired) electrons. The molecule has 0 aliphatic carbocycles. The number of ketones is 1. The highest BCUT2D eigenvalue weighted by Gasteiger charge is 2.01. The second kappa shape index (κ2) is 9.32. The summed E-state index contributed by atoms with van der Waals surface area (Å²) in [6.07, 6.45) is 1.06. The van der Waals surface area contributed by atoms with Crippen LogP contribution >= 0.6 is 0 Å². The molecule has 0 spiro atoms. The summed E-state index contributed by atoms with van der Waals surface area (Å²) in [6, 6.07) is 0. The van der Waals surface area contributed by atoms with Crippen LogP contribution in [0.3, 0.4) is 0 Å². The molecule has 102 valence electrons. The van der Waals surface area contributed by atoms with E-state index in [2.05, 4.69) is 6.58 Å². The third kappa shape index (κ3) is 17.9. The average molecular weight is 265 g/mol. The number of carbonyl (C=O) groups excluding carboxylic acids is 1. The van der Waals surface area contributed by atoms with E-state index < -0.39 is 10.1 Å². The van der Waals surface area contributed by atoms with Crippen LogP contribution in [-0.2, 0) is 14.9 Å². The summed E-state index contributed by atoms with van der Waals surface area (Å²) in [4.78, 5) is 12.9. The van der Waals surface area contributed by atoms with Crippen LogP contribution < -0.4 is 0 Å². The minimum absolute atomic E-state index is 0.132. The molecule has 0 aliphatic rings. The zero-order valence-electron chi connectivity index (χ0n) is 11.1. The summed E-state index contributed by atoms with van der Waals surface area (Å²) in [7, 11) is 0.226. The Bertz CT molecular complexity index is 333. The van der Waals surface area contributed by atoms with E-state index in [-0.39, 0.29) is 11.5 Å². The van der Waals surface area contributed by atoms with Crippen molar-refractivity contribution in [1.82, 2.24) is 4.90 Å². The summed E-state index contributed by atoms with van der Waals surface area (Å²) in [5.41, 5.74) is 0.654. The summed E-state index contributed by atoms with van der Waals surface area (Å²) < 4.78 is 27.6. The Balaban J connectivity index is 0. The normalized spacial score (nSPS) is 10.7. The first-order chi connectivity index (χ1) is 7.60. The first-order valence-electron chi connectivity index (χ1n) is 5.38. The molecule has 0 aromatic heterocycles. The topological polar surface area (TPSA) is 74.7 Å². The molecule has 1 N–H and O–H groups in total. The predicted octanol–water partition coefficient (Wildman–Crippen LogP) is 1.37. The Morgan fingerprint density at radius 1 is 1.35 bits per heavy atom. The smallest absolute Gasteiger partial charge is 0.264 e. The summed E-state index contributed by atoms with van der Waals surface area (Å²) in [5.74, 6) is 0.0289. The Kier molecular flexibility index (Phi) is 10.2. The number of Topliss-reactive ketones (excluding diaryl/α,β-unsaturated/α-hetero) is 1. The van der Waals surface area contributed by atoms with Crippen molar-refractivity contribution in [3.8, 4) is 0 Å². The molecular formula is C11H23NO4S. The van der Waals surface area contributed by atoms with E-state index in [4.69, 9.17) is 4.55 Å². The van der Waals surface area contributed by atoms with Crippen molar-refractivity contribution >= 4 is 15.9 Å². The first kappa shape index (κ1) is 18.6. The van der Waals surface area contributed by atoms with Gasteiger partial charge in [0.15, 0.2) is 5.78 Å². The molecule has 0 saturated heterocycles. The molecular weight excluding hydrogens is 242 g/mol. The van der Waals surface area contributed by atoms with Gasteiger partial charge in [0.1, 0.15) is 0 Å². The highest BCUT2D eigenvalue weighted by atomic mass is 32.2. The second-order valence-corrected chi connectivity index (χ2v) is 5.61. The predicted molar refractivity (Wildman–Crippen MR) is 69.7 cm³/mol. The monoisotopic (exact) mass is 265 g/mol. The molecule has 6 heteroatoms. The maximum atomic E-state index is 10.9. The molecule has 0 rings (SSSR count). The van der Waals surface area contributed by atoms with Crippen molar-refractivity contribution in [2.24, 2.45) is 0 Å². The lowest BCUT2D eigenvalue weighted by Gasteiger charge is -2.07. The molecule has 0 aromatic rings. The number of hydrogen-bond acceptors (Lipinski definition) is 4. The Morgan fingerprint density at radius 3 is 2.00 bits per heavy atom. The Labute approximate surface area is 104 Å². The largest absolute Gasteiger partial charge is 0.309 e. The SMILES string of the molecule is C=C(C)C(=O)CCN(C)C.CCCS(=O)(=O)O. The molecule has 0 atom stereocenters. The van der Waals surface area contributed by atoms with Crippen LogP contribution in [0.2, 0.25) is 0 Å². The number of allylic oxidation sites excluding steroid dienone is 1. The van der Waals surface area contributed by atoms with Gasteiger partial charge < -0.3 is 4.90 Å². The van der Waals surface area contributed by atoms with Crippen molar-refractivity contribution in [3.05, 3.63) is 12.2 Å². The lowest BCUT2D eigenvalue weighted by Crippen LogP contribution is -2.16. The van der Waals surface area contributed by atoms with E-state index in [9.17, 15) is 13.2 Å². The van der Waals surface area contributed by atoms with Gasteiger partial charge in [0.25, 0.3) is 10.1 Å². The van der Waals surface area contributed by atoms with E-state index in [0.29, 0.717) is 18.4 Å². The van der Waals surface area contributed by atoms with Gasteiger partial charge >= 0.3 is 0 Å². The highest BCUT2D eigenvalue weighted by molar-refractivity contribution is 7.85. The van der Waals surface area contributed by atoms with E-state index in [1.165, 1.54) is 0 Å². The van der Waals surface area contributed by atoms with Crippen LogP contribution in [0.25, 0.3) is 0 Å². The van der Waals surface area contributed by atoms with Gasteiger partial charge in [-0.1, -0.05) is 13.5 Å². The van der Waals surface area contributed by atoms with E-state index in [1.807, 2.05) is 19.0 Å². The maximum Gasteiger partial charge on any atom is 0.264 e. The summed E-state index contributed by atoms with van der Waals surface area (Å²) in [6.45, 7) is 7.81. The molecule has 0 aromatic carbocycles. The van der Waals surface area contributed by atoms with Crippen molar-refractivity contribution in [1.29, 1.82) is 0 Å². The first-order valence-corrected chi connectivity index (χ1v) is 6.99. The fourth-order valence-corrected chi connectivity index (χ4v) is 1.31. The molecule has 5 nitrogen and oxygen atoms in total. The molecule has 0 fully saturated rings. The average Bonchev–Trinajstić information content (AvgIpc) is 2.12. The lowest BCUT2D eigenvalue weighted by atomic mass is 10.1. The summed E-state index contributed by atoms with van der Waals surface area (Å²) >= 11 is 0. The third-order valence-corrected chi connectivity index (χ3v) is 2.65.